The van der Waals surface area contributed by atoms with Gasteiger partial charge in [0.2, 0.25) is 0 Å². The monoisotopic (exact) mass is 157 g/mol. The average Bonchev–Trinajstić information content (AvgIpc) is 2.64. The number of benzene rings is 1. The number of rotatable bonds is 0. The van der Waals surface area contributed by atoms with Gasteiger partial charge in [0.25, 0.3) is 0 Å². The lowest BCUT2D eigenvalue weighted by atomic mass is 10.2. The van der Waals surface area contributed by atoms with Gasteiger partial charge in [-0.15, -0.1) is 0 Å². The van der Waals surface area contributed by atoms with Gasteiger partial charge < -0.3 is 10.2 Å². The van der Waals surface area contributed by atoms with Crippen LogP contribution >= 0.6 is 0 Å². The molecule has 1 aromatic carbocycles. The van der Waals surface area contributed by atoms with Crippen molar-refractivity contribution in [2.75, 3.05) is 0 Å². The first-order chi connectivity index (χ1) is 5.93. The summed E-state index contributed by atoms with van der Waals surface area (Å²) in [6.45, 7) is 0. The van der Waals surface area contributed by atoms with Crippen LogP contribution in [-0.2, 0) is 0 Å². The third-order valence-electron chi connectivity index (χ3n) is 2.10. The summed E-state index contributed by atoms with van der Waals surface area (Å²) in [6, 6.07) is 6.17. The maximum atomic E-state index is 4.22. The third kappa shape index (κ3) is 0.625. The Bertz CT molecular complexity index is 442. The van der Waals surface area contributed by atoms with Gasteiger partial charge in [-0.3, -0.25) is 4.98 Å². The fraction of sp³-hybridized carbons (Fsp3) is 0. The molecule has 0 aliphatic rings. The molecule has 0 atom stereocenters. The van der Waals surface area contributed by atoms with E-state index >= 15 is 0 Å². The van der Waals surface area contributed by atoms with E-state index in [1.807, 2.05) is 18.5 Å². The number of aromatic amines is 2. The van der Waals surface area contributed by atoms with Crippen LogP contribution in [0.5, 0.6) is 0 Å². The second-order valence-corrected chi connectivity index (χ2v) is 2.86. The van der Waals surface area contributed by atoms with Gasteiger partial charge in [-0.05, 0) is 18.2 Å². The lowest BCUT2D eigenvalue weighted by Gasteiger charge is -1.88. The van der Waals surface area contributed by atoms with Crippen molar-refractivity contribution >= 4 is 21.8 Å². The molecule has 0 spiro atoms. The van der Waals surface area contributed by atoms with E-state index in [0.29, 0.717) is 0 Å². The first kappa shape index (κ1) is 5.83. The van der Waals surface area contributed by atoms with E-state index in [2.05, 4.69) is 27.3 Å². The number of hydrogen-bond donors (Lipinski definition) is 2. The topological polar surface area (TPSA) is 44.5 Å². The van der Waals surface area contributed by atoms with Crippen molar-refractivity contribution in [2.24, 2.45) is 0 Å². The number of nitrogens with one attached hydrogen (secondary N) is 2. The molecule has 0 aliphatic heterocycles. The summed E-state index contributed by atoms with van der Waals surface area (Å²) >= 11 is 0. The molecule has 2 aromatic heterocycles. The maximum absolute atomic E-state index is 4.22. The van der Waals surface area contributed by atoms with E-state index in [1.54, 1.807) is 0 Å². The van der Waals surface area contributed by atoms with Crippen LogP contribution in [0, 0.1) is 0 Å². The van der Waals surface area contributed by atoms with Crippen molar-refractivity contribution < 1.29 is 0 Å². The fourth-order valence-electron chi connectivity index (χ4n) is 1.48. The number of hydrogen-bond acceptors (Lipinski definition) is 1. The first-order valence-corrected chi connectivity index (χ1v) is 3.84. The lowest BCUT2D eigenvalue weighted by Crippen LogP contribution is -1.69. The Morgan fingerprint density at radius 3 is 3.17 bits per heavy atom. The summed E-state index contributed by atoms with van der Waals surface area (Å²) in [5, 5.41) is 8.35. The summed E-state index contributed by atoms with van der Waals surface area (Å²) in [4.78, 5) is 4.22. The predicted octanol–water partition coefficient (Wildman–Crippen LogP) is 2.04. The molecule has 0 amide bonds. The molecule has 0 radical (unpaired) electrons. The minimum atomic E-state index is 1.05. The molecule has 0 unspecified atom stereocenters. The highest BCUT2D eigenvalue weighted by Crippen LogP contribution is 2.19. The molecule has 2 N–H and O–H groups in total. The van der Waals surface area contributed by atoms with Crippen LogP contribution in [0.2, 0.25) is 0 Å². The van der Waals surface area contributed by atoms with Crippen LogP contribution in [0.15, 0.2) is 30.6 Å². The molecule has 3 rings (SSSR count). The SMILES string of the molecule is c1cc2cc3[nH][nH]cc3cc2n1. The standard InChI is InChI=1S/C9H7N3/c1-2-10-8-4-7-5-11-12-9(7)3-6(1)8/h1-5,11-12H. The van der Waals surface area contributed by atoms with E-state index in [0.717, 1.165) is 11.0 Å². The molecule has 3 aromatic rings. The average molecular weight is 157 g/mol. The van der Waals surface area contributed by atoms with E-state index < -0.39 is 0 Å². The number of aromatic nitrogens is 3. The molecule has 0 bridgehead atoms. The quantitative estimate of drug-likeness (QED) is 0.515. The molecular weight excluding hydrogens is 150 g/mol. The van der Waals surface area contributed by atoms with Crippen LogP contribution < -0.4 is 0 Å². The zero-order chi connectivity index (χ0) is 7.97. The minimum Gasteiger partial charge on any atom is -0.307 e. The summed E-state index contributed by atoms with van der Waals surface area (Å²) in [5.41, 5.74) is 2.17. The van der Waals surface area contributed by atoms with Crippen molar-refractivity contribution in [3.8, 4) is 0 Å². The van der Waals surface area contributed by atoms with Crippen LogP contribution in [0.3, 0.4) is 0 Å². The van der Waals surface area contributed by atoms with Crippen LogP contribution in [0.4, 0.5) is 0 Å². The van der Waals surface area contributed by atoms with Crippen molar-refractivity contribution in [1.82, 2.24) is 15.2 Å². The van der Waals surface area contributed by atoms with Crippen molar-refractivity contribution in [3.63, 3.8) is 0 Å². The van der Waals surface area contributed by atoms with Crippen molar-refractivity contribution in [1.29, 1.82) is 0 Å². The molecule has 0 saturated carbocycles. The number of nitrogens with zero attached hydrogens (tertiary/aromatic N) is 1. The maximum Gasteiger partial charge on any atom is 0.0710 e. The Morgan fingerprint density at radius 1 is 1.17 bits per heavy atom. The van der Waals surface area contributed by atoms with Crippen LogP contribution in [0.1, 0.15) is 0 Å². The van der Waals surface area contributed by atoms with E-state index in [-0.39, 0.29) is 0 Å². The van der Waals surface area contributed by atoms with Gasteiger partial charge in [-0.25, -0.2) is 0 Å². The summed E-state index contributed by atoms with van der Waals surface area (Å²) in [6.07, 6.45) is 3.76. The smallest absolute Gasteiger partial charge is 0.0710 e. The molecule has 0 aliphatic carbocycles. The minimum absolute atomic E-state index is 1.05. The summed E-state index contributed by atoms with van der Waals surface area (Å²) in [5.74, 6) is 0. The number of fused-ring (bicyclic) bond motifs is 2. The molecule has 3 nitrogen and oxygen atoms in total. The Hall–Kier alpha value is -1.77. The summed E-state index contributed by atoms with van der Waals surface area (Å²) in [7, 11) is 0. The predicted molar refractivity (Wildman–Crippen MR) is 48.0 cm³/mol. The Labute approximate surface area is 68.4 Å². The van der Waals surface area contributed by atoms with Gasteiger partial charge in [-0.1, -0.05) is 0 Å². The Kier molecular flexibility index (Phi) is 0.913. The van der Waals surface area contributed by atoms with Gasteiger partial charge in [0.1, 0.15) is 0 Å². The molecule has 3 heteroatoms. The van der Waals surface area contributed by atoms with Gasteiger partial charge in [0.05, 0.1) is 11.0 Å². The molecular formula is C9H7N3. The van der Waals surface area contributed by atoms with E-state index in [1.165, 1.54) is 10.8 Å². The van der Waals surface area contributed by atoms with Gasteiger partial charge >= 0.3 is 0 Å². The molecule has 2 heterocycles. The first-order valence-electron chi connectivity index (χ1n) is 3.84. The molecule has 0 saturated heterocycles. The summed E-state index contributed by atoms with van der Waals surface area (Å²) < 4.78 is 0. The lowest BCUT2D eigenvalue weighted by molar-refractivity contribution is 1.12. The molecule has 12 heavy (non-hydrogen) atoms. The normalized spacial score (nSPS) is 11.3. The van der Waals surface area contributed by atoms with Gasteiger partial charge in [0, 0.05) is 23.2 Å². The van der Waals surface area contributed by atoms with Crippen molar-refractivity contribution in [2.45, 2.75) is 0 Å². The Balaban J connectivity index is 2.62. The highest BCUT2D eigenvalue weighted by atomic mass is 15.1. The zero-order valence-electron chi connectivity index (χ0n) is 6.33. The molecule has 58 valence electrons. The second kappa shape index (κ2) is 1.88. The largest absolute Gasteiger partial charge is 0.307 e. The number of H-pyrrole nitrogens is 2. The van der Waals surface area contributed by atoms with Crippen molar-refractivity contribution in [3.05, 3.63) is 30.6 Å². The second-order valence-electron chi connectivity index (χ2n) is 2.86. The Morgan fingerprint density at radius 2 is 2.17 bits per heavy atom. The fourth-order valence-corrected chi connectivity index (χ4v) is 1.48. The van der Waals surface area contributed by atoms with Crippen LogP contribution in [-0.4, -0.2) is 15.2 Å². The zero-order valence-corrected chi connectivity index (χ0v) is 6.33. The van der Waals surface area contributed by atoms with Gasteiger partial charge in [-0.2, -0.15) is 0 Å². The van der Waals surface area contributed by atoms with E-state index in [9.17, 15) is 0 Å². The highest BCUT2D eigenvalue weighted by molar-refractivity contribution is 5.94. The highest BCUT2D eigenvalue weighted by Gasteiger charge is 1.98. The van der Waals surface area contributed by atoms with Gasteiger partial charge in [0.15, 0.2) is 0 Å². The molecule has 0 fully saturated rings. The third-order valence-corrected chi connectivity index (χ3v) is 2.10. The van der Waals surface area contributed by atoms with Crippen LogP contribution in [0.25, 0.3) is 21.8 Å². The van der Waals surface area contributed by atoms with E-state index in [4.69, 9.17) is 0 Å².